The molecule has 1 saturated carbocycles. The normalized spacial score (nSPS) is 25.6. The van der Waals surface area contributed by atoms with Gasteiger partial charge in [-0.25, -0.2) is 0 Å². The van der Waals surface area contributed by atoms with Crippen molar-refractivity contribution in [3.63, 3.8) is 0 Å². The van der Waals surface area contributed by atoms with Crippen molar-refractivity contribution < 1.29 is 43.8 Å². The van der Waals surface area contributed by atoms with Crippen molar-refractivity contribution in [3.8, 4) is 17.2 Å². The Balaban J connectivity index is 1.32. The summed E-state index contributed by atoms with van der Waals surface area (Å²) in [4.78, 5) is 60.1. The van der Waals surface area contributed by atoms with E-state index < -0.39 is 65.8 Å². The number of phenols is 1. The predicted octanol–water partition coefficient (Wildman–Crippen LogP) is 4.59. The molecule has 12 nitrogen and oxygen atoms in total. The fourth-order valence-corrected chi connectivity index (χ4v) is 9.63. The fourth-order valence-electron chi connectivity index (χ4n) is 9.18. The minimum Gasteiger partial charge on any atom is -0.504 e. The van der Waals surface area contributed by atoms with Crippen molar-refractivity contribution in [2.24, 2.45) is 23.7 Å². The molecule has 3 fully saturated rings. The molecule has 4 aromatic carbocycles. The van der Waals surface area contributed by atoms with Crippen LogP contribution >= 0.6 is 23.2 Å². The zero-order valence-electron chi connectivity index (χ0n) is 29.5. The standard InChI is InChI=1S/C40H34BCl2N3O9/c1-54-25-10-7-21(8-11-25)40-29(37(49)46(39(40)51)44-31-14-9-23(42)18-30(31)43)19-28-26(35(40)20-6-15-33(55-2)32(47)16-20)12-13-27-34(28)38(50)45(36(27)48)24-5-3-4-22(17-24)41(52)53/h3-12,14-18,27-29,34-35,44,47,52-53H,13,19H2,1-2H3/t27-,28+,29-,34-,35-,40+/m0/s1. The topological polar surface area (TPSA) is 166 Å². The molecule has 280 valence electrons. The van der Waals surface area contributed by atoms with Crippen molar-refractivity contribution in [1.82, 2.24) is 5.01 Å². The number of amides is 4. The minimum atomic E-state index is -1.82. The summed E-state index contributed by atoms with van der Waals surface area (Å²) in [6.45, 7) is 0. The van der Waals surface area contributed by atoms with Gasteiger partial charge in [-0.3, -0.25) is 29.5 Å². The number of anilines is 2. The molecule has 8 rings (SSSR count). The van der Waals surface area contributed by atoms with Gasteiger partial charge in [-0.15, -0.1) is 0 Å². The second-order valence-corrected chi connectivity index (χ2v) is 15.0. The van der Waals surface area contributed by atoms with Crippen molar-refractivity contribution in [2.45, 2.75) is 24.2 Å². The summed E-state index contributed by atoms with van der Waals surface area (Å²) in [6.07, 6.45) is 2.08. The quantitative estimate of drug-likeness (QED) is 0.113. The lowest BCUT2D eigenvalue weighted by molar-refractivity contribution is -0.138. The third-order valence-electron chi connectivity index (χ3n) is 11.5. The number of ether oxygens (including phenoxy) is 2. The van der Waals surface area contributed by atoms with Crippen LogP contribution in [0.3, 0.4) is 0 Å². The number of carbonyl (C=O) groups is 4. The van der Waals surface area contributed by atoms with Gasteiger partial charge >= 0.3 is 7.12 Å². The molecule has 2 saturated heterocycles. The minimum absolute atomic E-state index is 0.0248. The Bertz CT molecular complexity index is 2300. The number of aromatic hydroxyl groups is 1. The first-order valence-electron chi connectivity index (χ1n) is 17.6. The summed E-state index contributed by atoms with van der Waals surface area (Å²) in [6, 6.07) is 22.3. The maximum absolute atomic E-state index is 15.4. The van der Waals surface area contributed by atoms with Crippen LogP contribution in [0.2, 0.25) is 10.0 Å². The van der Waals surface area contributed by atoms with Gasteiger partial charge in [-0.05, 0) is 89.9 Å². The highest BCUT2D eigenvalue weighted by Gasteiger charge is 2.70. The van der Waals surface area contributed by atoms with E-state index in [1.807, 2.05) is 6.08 Å². The van der Waals surface area contributed by atoms with Gasteiger partial charge in [-0.2, -0.15) is 5.01 Å². The Morgan fingerprint density at radius 2 is 1.62 bits per heavy atom. The largest absolute Gasteiger partial charge is 0.504 e. The molecular weight excluding hydrogens is 748 g/mol. The lowest BCUT2D eigenvalue weighted by Gasteiger charge is -2.50. The number of methoxy groups -OCH3 is 2. The van der Waals surface area contributed by atoms with Crippen LogP contribution in [0.1, 0.15) is 29.9 Å². The van der Waals surface area contributed by atoms with Gasteiger partial charge in [0.25, 0.3) is 11.8 Å². The second-order valence-electron chi connectivity index (χ2n) is 14.1. The number of hydrogen-bond acceptors (Lipinski definition) is 10. The van der Waals surface area contributed by atoms with Crippen LogP contribution in [0.25, 0.3) is 0 Å². The van der Waals surface area contributed by atoms with Crippen LogP contribution in [0, 0.1) is 23.7 Å². The fraction of sp³-hybridized carbons (Fsp3) is 0.250. The molecule has 0 bridgehead atoms. The third-order valence-corrected chi connectivity index (χ3v) is 12.1. The van der Waals surface area contributed by atoms with Gasteiger partial charge < -0.3 is 24.6 Å². The molecule has 4 amide bonds. The molecule has 55 heavy (non-hydrogen) atoms. The number of halogens is 2. The molecule has 4 aliphatic rings. The Morgan fingerprint density at radius 3 is 2.29 bits per heavy atom. The second kappa shape index (κ2) is 13.8. The van der Waals surface area contributed by atoms with Gasteiger partial charge in [0.1, 0.15) is 5.75 Å². The number of allylic oxidation sites excluding steroid dienone is 2. The van der Waals surface area contributed by atoms with Crippen molar-refractivity contribution >= 4 is 70.8 Å². The molecule has 2 heterocycles. The van der Waals surface area contributed by atoms with Gasteiger partial charge in [0, 0.05) is 10.9 Å². The van der Waals surface area contributed by atoms with E-state index >= 15 is 4.79 Å². The molecule has 0 radical (unpaired) electrons. The molecule has 6 atom stereocenters. The SMILES string of the molecule is COc1ccc([C@@]23C(=O)N(Nc4ccc(Cl)cc4Cl)C(=O)[C@@H]2C[C@@H]2C(=CC[C@@H]4C(=O)N(c5cccc(B(O)O)c5)C(=O)[C@@H]42)[C@@H]3c2ccc(OC)c(O)c2)cc1. The lowest BCUT2D eigenvalue weighted by Crippen LogP contribution is -2.53. The molecule has 0 spiro atoms. The Kier molecular flexibility index (Phi) is 9.16. The molecule has 2 aliphatic carbocycles. The summed E-state index contributed by atoms with van der Waals surface area (Å²) < 4.78 is 10.8. The maximum atomic E-state index is 15.4. The molecule has 0 aromatic heterocycles. The van der Waals surface area contributed by atoms with Crippen molar-refractivity contribution in [1.29, 1.82) is 0 Å². The number of hydrazine groups is 1. The van der Waals surface area contributed by atoms with Crippen LogP contribution < -0.4 is 25.3 Å². The Hall–Kier alpha value is -5.34. The van der Waals surface area contributed by atoms with Gasteiger partial charge in [0.2, 0.25) is 11.8 Å². The lowest BCUT2D eigenvalue weighted by atomic mass is 9.49. The molecule has 4 aromatic rings. The molecule has 2 aliphatic heterocycles. The summed E-state index contributed by atoms with van der Waals surface area (Å²) in [7, 11) is 1.12. The van der Waals surface area contributed by atoms with Crippen LogP contribution in [0.4, 0.5) is 11.4 Å². The zero-order valence-corrected chi connectivity index (χ0v) is 31.0. The van der Waals surface area contributed by atoms with E-state index in [0.29, 0.717) is 27.5 Å². The zero-order chi connectivity index (χ0) is 38.9. The van der Waals surface area contributed by atoms with Crippen molar-refractivity contribution in [3.05, 3.63) is 118 Å². The Labute approximate surface area is 326 Å². The highest BCUT2D eigenvalue weighted by Crippen LogP contribution is 2.64. The predicted molar refractivity (Wildman–Crippen MR) is 204 cm³/mol. The monoisotopic (exact) mass is 781 g/mol. The average Bonchev–Trinajstić information content (AvgIpc) is 3.56. The van der Waals surface area contributed by atoms with Crippen LogP contribution in [-0.4, -0.2) is 65.1 Å². The van der Waals surface area contributed by atoms with E-state index in [0.717, 1.165) is 9.91 Å². The molecule has 0 unspecified atom stereocenters. The number of carbonyl (C=O) groups excluding carboxylic acids is 4. The number of fused-ring (bicyclic) bond motifs is 4. The van der Waals surface area contributed by atoms with Gasteiger partial charge in [0.05, 0.1) is 53.8 Å². The first-order chi connectivity index (χ1) is 26.4. The maximum Gasteiger partial charge on any atom is 0.488 e. The van der Waals surface area contributed by atoms with E-state index in [1.165, 1.54) is 44.6 Å². The number of benzene rings is 4. The number of nitrogens with one attached hydrogen (secondary N) is 1. The molecule has 4 N–H and O–H groups in total. The van der Waals surface area contributed by atoms with Crippen LogP contribution in [-0.2, 0) is 24.6 Å². The van der Waals surface area contributed by atoms with E-state index in [-0.39, 0.29) is 46.2 Å². The van der Waals surface area contributed by atoms with E-state index in [2.05, 4.69) is 5.43 Å². The molecule has 15 heteroatoms. The number of rotatable bonds is 8. The number of imide groups is 2. The molecular formula is C40H34BCl2N3O9. The van der Waals surface area contributed by atoms with Gasteiger partial charge in [-0.1, -0.05) is 65.2 Å². The van der Waals surface area contributed by atoms with E-state index in [1.54, 1.807) is 54.6 Å². The number of hydrogen-bond donors (Lipinski definition) is 4. The third kappa shape index (κ3) is 5.59. The highest BCUT2D eigenvalue weighted by molar-refractivity contribution is 6.58. The smallest absolute Gasteiger partial charge is 0.488 e. The Morgan fingerprint density at radius 1 is 0.855 bits per heavy atom. The van der Waals surface area contributed by atoms with E-state index in [4.69, 9.17) is 32.7 Å². The highest BCUT2D eigenvalue weighted by atomic mass is 35.5. The summed E-state index contributed by atoms with van der Waals surface area (Å²) in [5.41, 5.74) is 3.55. The van der Waals surface area contributed by atoms with E-state index in [9.17, 15) is 29.5 Å². The summed E-state index contributed by atoms with van der Waals surface area (Å²) in [5.74, 6) is -5.96. The number of phenolic OH excluding ortho intramolecular Hbond substituents is 1. The summed E-state index contributed by atoms with van der Waals surface area (Å²) in [5, 5.41) is 32.3. The number of nitrogens with zero attached hydrogens (tertiary/aromatic N) is 2. The average molecular weight is 782 g/mol. The van der Waals surface area contributed by atoms with Crippen LogP contribution in [0.5, 0.6) is 17.2 Å². The van der Waals surface area contributed by atoms with Gasteiger partial charge in [0.15, 0.2) is 11.5 Å². The summed E-state index contributed by atoms with van der Waals surface area (Å²) >= 11 is 12.7. The first-order valence-corrected chi connectivity index (χ1v) is 18.3. The van der Waals surface area contributed by atoms with Crippen molar-refractivity contribution in [2.75, 3.05) is 24.5 Å². The van der Waals surface area contributed by atoms with Crippen LogP contribution in [0.15, 0.2) is 96.6 Å². The first kappa shape index (κ1) is 36.6.